The van der Waals surface area contributed by atoms with Crippen LogP contribution in [0.25, 0.3) is 0 Å². The van der Waals surface area contributed by atoms with Crippen molar-refractivity contribution in [3.05, 3.63) is 40.6 Å². The highest BCUT2D eigenvalue weighted by Gasteiger charge is 2.28. The van der Waals surface area contributed by atoms with E-state index in [0.717, 1.165) is 26.1 Å². The van der Waals surface area contributed by atoms with E-state index in [1.54, 1.807) is 0 Å². The van der Waals surface area contributed by atoms with Crippen LogP contribution in [-0.4, -0.2) is 22.8 Å². The summed E-state index contributed by atoms with van der Waals surface area (Å²) in [6, 6.07) is 2.64. The molecule has 1 aliphatic rings. The SMILES string of the molecule is CC.Cc1ccsc1C(C1CCOCC1)n1ccnc1. The van der Waals surface area contributed by atoms with Gasteiger partial charge in [-0.25, -0.2) is 4.98 Å². The van der Waals surface area contributed by atoms with Gasteiger partial charge < -0.3 is 9.30 Å². The number of imidazole rings is 1. The molecule has 0 radical (unpaired) electrons. The fraction of sp³-hybridized carbons (Fsp3) is 0.562. The molecule has 1 saturated heterocycles. The Labute approximate surface area is 125 Å². The summed E-state index contributed by atoms with van der Waals surface area (Å²) in [6.45, 7) is 7.98. The van der Waals surface area contributed by atoms with Crippen LogP contribution in [-0.2, 0) is 4.74 Å². The van der Waals surface area contributed by atoms with Crippen molar-refractivity contribution in [1.29, 1.82) is 0 Å². The second-order valence-corrected chi connectivity index (χ2v) is 5.82. The second-order valence-electron chi connectivity index (χ2n) is 4.87. The highest BCUT2D eigenvalue weighted by atomic mass is 32.1. The lowest BCUT2D eigenvalue weighted by Gasteiger charge is -2.31. The third-order valence-corrected chi connectivity index (χ3v) is 4.82. The minimum absolute atomic E-state index is 0.427. The first-order valence-corrected chi connectivity index (χ1v) is 8.33. The van der Waals surface area contributed by atoms with E-state index in [1.807, 2.05) is 37.7 Å². The van der Waals surface area contributed by atoms with Gasteiger partial charge in [-0.05, 0) is 42.7 Å². The Hall–Kier alpha value is -1.13. The Morgan fingerprint density at radius 3 is 2.65 bits per heavy atom. The van der Waals surface area contributed by atoms with E-state index in [9.17, 15) is 0 Å². The van der Waals surface area contributed by atoms with Crippen molar-refractivity contribution in [3.8, 4) is 0 Å². The zero-order chi connectivity index (χ0) is 14.4. The Morgan fingerprint density at radius 2 is 2.10 bits per heavy atom. The second kappa shape index (κ2) is 7.60. The number of aryl methyl sites for hydroxylation is 1. The average molecular weight is 292 g/mol. The van der Waals surface area contributed by atoms with Crippen molar-refractivity contribution >= 4 is 11.3 Å². The van der Waals surface area contributed by atoms with Gasteiger partial charge in [-0.1, -0.05) is 13.8 Å². The molecule has 20 heavy (non-hydrogen) atoms. The van der Waals surface area contributed by atoms with Crippen molar-refractivity contribution in [2.24, 2.45) is 5.92 Å². The zero-order valence-electron chi connectivity index (χ0n) is 12.6. The van der Waals surface area contributed by atoms with Gasteiger partial charge in [-0.2, -0.15) is 0 Å². The number of aromatic nitrogens is 2. The van der Waals surface area contributed by atoms with Gasteiger partial charge in [-0.3, -0.25) is 0 Å². The van der Waals surface area contributed by atoms with E-state index in [-0.39, 0.29) is 0 Å². The van der Waals surface area contributed by atoms with Crippen LogP contribution >= 0.6 is 11.3 Å². The van der Waals surface area contributed by atoms with Gasteiger partial charge in [0.1, 0.15) is 0 Å². The summed E-state index contributed by atoms with van der Waals surface area (Å²) in [6.07, 6.45) is 8.17. The fourth-order valence-electron chi connectivity index (χ4n) is 2.75. The summed E-state index contributed by atoms with van der Waals surface area (Å²) < 4.78 is 7.75. The third-order valence-electron chi connectivity index (χ3n) is 3.73. The van der Waals surface area contributed by atoms with Crippen LogP contribution in [0.4, 0.5) is 0 Å². The fourth-order valence-corrected chi connectivity index (χ4v) is 3.87. The molecular weight excluding hydrogens is 268 g/mol. The predicted octanol–water partition coefficient (Wildman–Crippen LogP) is 4.30. The largest absolute Gasteiger partial charge is 0.381 e. The van der Waals surface area contributed by atoms with Crippen molar-refractivity contribution < 1.29 is 4.74 Å². The lowest BCUT2D eigenvalue weighted by molar-refractivity contribution is 0.0546. The van der Waals surface area contributed by atoms with Gasteiger partial charge >= 0.3 is 0 Å². The molecule has 0 aromatic carbocycles. The maximum atomic E-state index is 5.49. The number of hydrogen-bond acceptors (Lipinski definition) is 3. The van der Waals surface area contributed by atoms with Crippen LogP contribution in [0, 0.1) is 12.8 Å². The van der Waals surface area contributed by atoms with Crippen LogP contribution in [0.5, 0.6) is 0 Å². The van der Waals surface area contributed by atoms with Crippen LogP contribution in [0.3, 0.4) is 0 Å². The van der Waals surface area contributed by atoms with Gasteiger partial charge in [0.05, 0.1) is 12.4 Å². The van der Waals surface area contributed by atoms with Crippen molar-refractivity contribution in [2.75, 3.05) is 13.2 Å². The highest BCUT2D eigenvalue weighted by molar-refractivity contribution is 7.10. The number of hydrogen-bond donors (Lipinski definition) is 0. The number of rotatable bonds is 3. The smallest absolute Gasteiger partial charge is 0.0952 e. The lowest BCUT2D eigenvalue weighted by Crippen LogP contribution is -2.26. The summed E-state index contributed by atoms with van der Waals surface area (Å²) in [5.41, 5.74) is 1.39. The average Bonchev–Trinajstić information content (AvgIpc) is 3.16. The maximum absolute atomic E-state index is 5.49. The van der Waals surface area contributed by atoms with Gasteiger partial charge in [0.2, 0.25) is 0 Å². The van der Waals surface area contributed by atoms with Crippen molar-refractivity contribution in [2.45, 2.75) is 39.7 Å². The number of thiophene rings is 1. The molecule has 0 N–H and O–H groups in total. The first-order chi connectivity index (χ1) is 9.86. The molecule has 3 heterocycles. The topological polar surface area (TPSA) is 27.1 Å². The minimum atomic E-state index is 0.427. The van der Waals surface area contributed by atoms with E-state index in [0.29, 0.717) is 12.0 Å². The zero-order valence-corrected chi connectivity index (χ0v) is 13.4. The van der Waals surface area contributed by atoms with Crippen LogP contribution in [0.2, 0.25) is 0 Å². The number of ether oxygens (including phenoxy) is 1. The summed E-state index contributed by atoms with van der Waals surface area (Å²) >= 11 is 1.86. The van der Waals surface area contributed by atoms with Gasteiger partial charge in [0.15, 0.2) is 0 Å². The third kappa shape index (κ3) is 3.30. The van der Waals surface area contributed by atoms with Crippen LogP contribution < -0.4 is 0 Å². The van der Waals surface area contributed by atoms with E-state index in [4.69, 9.17) is 4.74 Å². The molecule has 4 heteroatoms. The molecule has 110 valence electrons. The lowest BCUT2D eigenvalue weighted by atomic mass is 9.89. The van der Waals surface area contributed by atoms with Crippen LogP contribution in [0.15, 0.2) is 30.2 Å². The molecular formula is C16H24N2OS. The van der Waals surface area contributed by atoms with E-state index in [2.05, 4.69) is 34.1 Å². The highest BCUT2D eigenvalue weighted by Crippen LogP contribution is 2.37. The molecule has 3 rings (SSSR count). The predicted molar refractivity (Wildman–Crippen MR) is 84.3 cm³/mol. The Bertz CT molecular complexity index is 486. The summed E-state index contributed by atoms with van der Waals surface area (Å²) in [7, 11) is 0. The molecule has 0 aliphatic carbocycles. The van der Waals surface area contributed by atoms with Gasteiger partial charge in [0, 0.05) is 30.5 Å². The Morgan fingerprint density at radius 1 is 1.35 bits per heavy atom. The molecule has 2 aromatic rings. The number of nitrogens with zero attached hydrogens (tertiary/aromatic N) is 2. The summed E-state index contributed by atoms with van der Waals surface area (Å²) in [4.78, 5) is 5.69. The molecule has 1 aliphatic heterocycles. The molecule has 1 unspecified atom stereocenters. The van der Waals surface area contributed by atoms with Gasteiger partial charge in [-0.15, -0.1) is 11.3 Å². The monoisotopic (exact) mass is 292 g/mol. The first-order valence-electron chi connectivity index (χ1n) is 7.45. The van der Waals surface area contributed by atoms with Crippen LogP contribution in [0.1, 0.15) is 43.2 Å². The molecule has 0 amide bonds. The van der Waals surface area contributed by atoms with Crippen molar-refractivity contribution in [1.82, 2.24) is 9.55 Å². The first kappa shape index (κ1) is 15.3. The van der Waals surface area contributed by atoms with Crippen molar-refractivity contribution in [3.63, 3.8) is 0 Å². The van der Waals surface area contributed by atoms with E-state index < -0.39 is 0 Å². The standard InChI is InChI=1S/C14H18N2OS.C2H6/c1-11-4-9-18-14(11)13(16-6-5-15-10-16)12-2-7-17-8-3-12;1-2/h4-6,9-10,12-13H,2-3,7-8H2,1H3;1-2H3. The molecule has 0 bridgehead atoms. The Balaban J connectivity index is 0.000000704. The van der Waals surface area contributed by atoms with Gasteiger partial charge in [0.25, 0.3) is 0 Å². The molecule has 0 saturated carbocycles. The molecule has 0 spiro atoms. The van der Waals surface area contributed by atoms with E-state index in [1.165, 1.54) is 10.4 Å². The summed E-state index contributed by atoms with van der Waals surface area (Å²) in [5.74, 6) is 0.658. The minimum Gasteiger partial charge on any atom is -0.381 e. The normalized spacial score (nSPS) is 17.4. The molecule has 2 aromatic heterocycles. The maximum Gasteiger partial charge on any atom is 0.0952 e. The Kier molecular flexibility index (Phi) is 5.80. The molecule has 1 atom stereocenters. The molecule has 3 nitrogen and oxygen atoms in total. The van der Waals surface area contributed by atoms with E-state index >= 15 is 0 Å². The summed E-state index contributed by atoms with van der Waals surface area (Å²) in [5, 5.41) is 2.19. The molecule has 1 fully saturated rings. The quantitative estimate of drug-likeness (QED) is 0.843.